The number of nitrogens with zero attached hydrogens (tertiary/aromatic N) is 2. The zero-order valence-corrected chi connectivity index (χ0v) is 11.4. The highest BCUT2D eigenvalue weighted by Crippen LogP contribution is 2.28. The SMILES string of the molecule is Cc1cccnc1N(CCBr)C1CCCC1. The highest BCUT2D eigenvalue weighted by molar-refractivity contribution is 9.09. The predicted molar refractivity (Wildman–Crippen MR) is 72.4 cm³/mol. The van der Waals surface area contributed by atoms with E-state index in [1.54, 1.807) is 0 Å². The van der Waals surface area contributed by atoms with E-state index in [0.29, 0.717) is 6.04 Å². The fourth-order valence-corrected chi connectivity index (χ4v) is 2.93. The van der Waals surface area contributed by atoms with Crippen molar-refractivity contribution in [2.24, 2.45) is 0 Å². The second-order valence-electron chi connectivity index (χ2n) is 4.46. The minimum Gasteiger partial charge on any atom is -0.353 e. The topological polar surface area (TPSA) is 16.1 Å². The third-order valence-electron chi connectivity index (χ3n) is 3.34. The van der Waals surface area contributed by atoms with Gasteiger partial charge in [0.1, 0.15) is 5.82 Å². The molecular weight excluding hydrogens is 264 g/mol. The summed E-state index contributed by atoms with van der Waals surface area (Å²) in [4.78, 5) is 7.03. The summed E-state index contributed by atoms with van der Waals surface area (Å²) in [6, 6.07) is 4.87. The van der Waals surface area contributed by atoms with Gasteiger partial charge in [-0.2, -0.15) is 0 Å². The average Bonchev–Trinajstić information content (AvgIpc) is 2.80. The van der Waals surface area contributed by atoms with Gasteiger partial charge < -0.3 is 4.90 Å². The second-order valence-corrected chi connectivity index (χ2v) is 5.26. The van der Waals surface area contributed by atoms with Crippen LogP contribution < -0.4 is 4.90 Å². The first-order valence-electron chi connectivity index (χ1n) is 6.07. The third-order valence-corrected chi connectivity index (χ3v) is 3.70. The van der Waals surface area contributed by atoms with Crippen LogP contribution in [-0.2, 0) is 0 Å². The third kappa shape index (κ3) is 2.57. The average molecular weight is 283 g/mol. The van der Waals surface area contributed by atoms with Crippen molar-refractivity contribution in [3.8, 4) is 0 Å². The lowest BCUT2D eigenvalue weighted by atomic mass is 10.2. The van der Waals surface area contributed by atoms with Crippen molar-refractivity contribution in [2.45, 2.75) is 38.6 Å². The number of pyridine rings is 1. The Morgan fingerprint density at radius 3 is 2.81 bits per heavy atom. The zero-order valence-electron chi connectivity index (χ0n) is 9.82. The van der Waals surface area contributed by atoms with Gasteiger partial charge in [-0.15, -0.1) is 0 Å². The summed E-state index contributed by atoms with van der Waals surface area (Å²) >= 11 is 3.55. The van der Waals surface area contributed by atoms with Crippen molar-refractivity contribution in [3.63, 3.8) is 0 Å². The first-order chi connectivity index (χ1) is 7.83. The lowest BCUT2D eigenvalue weighted by molar-refractivity contribution is 0.614. The molecule has 0 amide bonds. The van der Waals surface area contributed by atoms with Gasteiger partial charge in [0.15, 0.2) is 0 Å². The molecule has 0 atom stereocenters. The van der Waals surface area contributed by atoms with Crippen molar-refractivity contribution in [1.29, 1.82) is 0 Å². The molecule has 3 heteroatoms. The van der Waals surface area contributed by atoms with Crippen LogP contribution in [0.3, 0.4) is 0 Å². The van der Waals surface area contributed by atoms with E-state index in [1.165, 1.54) is 37.1 Å². The molecule has 1 saturated carbocycles. The van der Waals surface area contributed by atoms with Crippen LogP contribution in [0.4, 0.5) is 5.82 Å². The first-order valence-corrected chi connectivity index (χ1v) is 7.19. The van der Waals surface area contributed by atoms with Gasteiger partial charge in [0.25, 0.3) is 0 Å². The van der Waals surface area contributed by atoms with Crippen molar-refractivity contribution < 1.29 is 0 Å². The van der Waals surface area contributed by atoms with Crippen LogP contribution in [0.1, 0.15) is 31.2 Å². The molecule has 16 heavy (non-hydrogen) atoms. The molecule has 0 unspecified atom stereocenters. The number of rotatable bonds is 4. The first kappa shape index (κ1) is 11.9. The van der Waals surface area contributed by atoms with Crippen molar-refractivity contribution in [1.82, 2.24) is 4.98 Å². The number of alkyl halides is 1. The Kier molecular flexibility index (Phi) is 4.22. The second kappa shape index (κ2) is 5.67. The largest absolute Gasteiger partial charge is 0.353 e. The summed E-state index contributed by atoms with van der Waals surface area (Å²) in [6.45, 7) is 3.21. The summed E-state index contributed by atoms with van der Waals surface area (Å²) in [7, 11) is 0. The van der Waals surface area contributed by atoms with Crippen LogP contribution in [0, 0.1) is 6.92 Å². The standard InChI is InChI=1S/C13H19BrN2/c1-11-5-4-9-15-13(11)16(10-8-14)12-6-2-3-7-12/h4-5,9,12H,2-3,6-8,10H2,1H3. The Balaban J connectivity index is 2.21. The van der Waals surface area contributed by atoms with E-state index in [4.69, 9.17) is 0 Å². The molecule has 1 aromatic rings. The quantitative estimate of drug-likeness (QED) is 0.786. The summed E-state index contributed by atoms with van der Waals surface area (Å²) < 4.78 is 0. The molecule has 0 aromatic carbocycles. The van der Waals surface area contributed by atoms with Crippen molar-refractivity contribution in [2.75, 3.05) is 16.8 Å². The molecule has 1 aliphatic rings. The Bertz CT molecular complexity index is 334. The zero-order chi connectivity index (χ0) is 11.4. The lowest BCUT2D eigenvalue weighted by Crippen LogP contribution is -2.36. The highest BCUT2D eigenvalue weighted by Gasteiger charge is 2.23. The maximum absolute atomic E-state index is 4.55. The molecule has 0 aliphatic heterocycles. The summed E-state index contributed by atoms with van der Waals surface area (Å²) in [5, 5.41) is 1.01. The number of aromatic nitrogens is 1. The molecule has 1 heterocycles. The van der Waals surface area contributed by atoms with E-state index < -0.39 is 0 Å². The van der Waals surface area contributed by atoms with Crippen LogP contribution in [0.25, 0.3) is 0 Å². The van der Waals surface area contributed by atoms with Gasteiger partial charge >= 0.3 is 0 Å². The Morgan fingerprint density at radius 1 is 1.44 bits per heavy atom. The predicted octanol–water partition coefficient (Wildman–Crippen LogP) is 3.53. The Labute approximate surface area is 106 Å². The number of hydrogen-bond acceptors (Lipinski definition) is 2. The van der Waals surface area contributed by atoms with Gasteiger partial charge in [-0.25, -0.2) is 4.98 Å². The van der Waals surface area contributed by atoms with Gasteiger partial charge in [-0.1, -0.05) is 34.8 Å². The van der Waals surface area contributed by atoms with Crippen LogP contribution in [0.15, 0.2) is 18.3 Å². The number of halogens is 1. The Morgan fingerprint density at radius 2 is 2.19 bits per heavy atom. The molecule has 0 N–H and O–H groups in total. The van der Waals surface area contributed by atoms with Gasteiger partial charge in [-0.3, -0.25) is 0 Å². The van der Waals surface area contributed by atoms with Gasteiger partial charge in [0.05, 0.1) is 0 Å². The highest BCUT2D eigenvalue weighted by atomic mass is 79.9. The summed E-state index contributed by atoms with van der Waals surface area (Å²) in [5.74, 6) is 1.17. The minimum absolute atomic E-state index is 0.700. The van der Waals surface area contributed by atoms with E-state index >= 15 is 0 Å². The van der Waals surface area contributed by atoms with Crippen molar-refractivity contribution >= 4 is 21.7 Å². The molecule has 2 nitrogen and oxygen atoms in total. The van der Waals surface area contributed by atoms with E-state index in [9.17, 15) is 0 Å². The lowest BCUT2D eigenvalue weighted by Gasteiger charge is -2.30. The van der Waals surface area contributed by atoms with Gasteiger partial charge in [0.2, 0.25) is 0 Å². The molecule has 0 saturated heterocycles. The molecule has 0 radical (unpaired) electrons. The maximum atomic E-state index is 4.55. The van der Waals surface area contributed by atoms with Crippen molar-refractivity contribution in [3.05, 3.63) is 23.9 Å². The molecular formula is C13H19BrN2. The fourth-order valence-electron chi connectivity index (χ4n) is 2.55. The summed E-state index contributed by atoms with van der Waals surface area (Å²) in [6.07, 6.45) is 7.29. The number of anilines is 1. The van der Waals surface area contributed by atoms with Gasteiger partial charge in [-0.05, 0) is 31.4 Å². The van der Waals surface area contributed by atoms with E-state index in [2.05, 4.69) is 38.8 Å². The van der Waals surface area contributed by atoms with Crippen LogP contribution in [0.5, 0.6) is 0 Å². The Hall–Kier alpha value is -0.570. The monoisotopic (exact) mass is 282 g/mol. The molecule has 88 valence electrons. The van der Waals surface area contributed by atoms with E-state index in [1.807, 2.05) is 12.3 Å². The van der Waals surface area contributed by atoms with E-state index in [0.717, 1.165) is 11.9 Å². The van der Waals surface area contributed by atoms with Gasteiger partial charge in [0, 0.05) is 24.1 Å². The maximum Gasteiger partial charge on any atom is 0.131 e. The molecule has 0 bridgehead atoms. The normalized spacial score (nSPS) is 16.6. The molecule has 0 spiro atoms. The fraction of sp³-hybridized carbons (Fsp3) is 0.615. The molecule has 1 aliphatic carbocycles. The smallest absolute Gasteiger partial charge is 0.131 e. The van der Waals surface area contributed by atoms with E-state index in [-0.39, 0.29) is 0 Å². The molecule has 2 rings (SSSR count). The molecule has 1 aromatic heterocycles. The minimum atomic E-state index is 0.700. The van der Waals surface area contributed by atoms with Crippen LogP contribution >= 0.6 is 15.9 Å². The van der Waals surface area contributed by atoms with Crippen LogP contribution in [0.2, 0.25) is 0 Å². The number of aryl methyl sites for hydroxylation is 1. The van der Waals surface area contributed by atoms with Crippen LogP contribution in [-0.4, -0.2) is 22.9 Å². The summed E-state index contributed by atoms with van der Waals surface area (Å²) in [5.41, 5.74) is 1.29. The molecule has 1 fully saturated rings. The number of hydrogen-bond donors (Lipinski definition) is 0.